The number of phenolic OH excluding ortho intramolecular Hbond substituents is 1. The first-order valence-corrected chi connectivity index (χ1v) is 10.6. The van der Waals surface area contributed by atoms with Gasteiger partial charge < -0.3 is 10.2 Å². The predicted molar refractivity (Wildman–Crippen MR) is 121 cm³/mol. The summed E-state index contributed by atoms with van der Waals surface area (Å²) in [6.45, 7) is 7.20. The van der Waals surface area contributed by atoms with Crippen LogP contribution in [-0.4, -0.2) is 22.0 Å². The molecule has 1 atom stereocenters. The summed E-state index contributed by atoms with van der Waals surface area (Å²) in [5, 5.41) is 19.9. The molecule has 0 aliphatic rings. The van der Waals surface area contributed by atoms with Gasteiger partial charge in [0.25, 0.3) is 0 Å². The molecule has 4 nitrogen and oxygen atoms in total. The molecule has 0 aromatic heterocycles. The zero-order chi connectivity index (χ0) is 23.1. The van der Waals surface area contributed by atoms with Crippen molar-refractivity contribution in [2.24, 2.45) is 0 Å². The minimum absolute atomic E-state index is 0.0559. The van der Waals surface area contributed by atoms with Gasteiger partial charge in [0, 0.05) is 17.9 Å². The molecule has 0 aliphatic carbocycles. The molecule has 0 saturated carbocycles. The van der Waals surface area contributed by atoms with Gasteiger partial charge in [-0.1, -0.05) is 31.1 Å². The number of carboxylic acids is 1. The molecule has 2 aromatic rings. The lowest BCUT2D eigenvalue weighted by atomic mass is 9.80. The van der Waals surface area contributed by atoms with Crippen LogP contribution in [0, 0.1) is 26.6 Å². The Hall–Kier alpha value is -2.95. The van der Waals surface area contributed by atoms with E-state index in [1.54, 1.807) is 18.2 Å². The van der Waals surface area contributed by atoms with E-state index < -0.39 is 5.97 Å². The van der Waals surface area contributed by atoms with Crippen molar-refractivity contribution in [1.82, 2.24) is 0 Å². The number of carbonyl (C=O) groups excluding carboxylic acids is 1. The normalized spacial score (nSPS) is 12.3. The van der Waals surface area contributed by atoms with Gasteiger partial charge in [-0.25, -0.2) is 4.39 Å². The number of carboxylic acid groups (broad SMARTS) is 1. The molecule has 166 valence electrons. The average Bonchev–Trinajstić information content (AvgIpc) is 2.71. The van der Waals surface area contributed by atoms with E-state index in [4.69, 9.17) is 5.11 Å². The van der Waals surface area contributed by atoms with Gasteiger partial charge >= 0.3 is 5.97 Å². The van der Waals surface area contributed by atoms with Crippen molar-refractivity contribution in [3.63, 3.8) is 0 Å². The Morgan fingerprint density at radius 3 is 2.23 bits per heavy atom. The maximum Gasteiger partial charge on any atom is 0.303 e. The number of carbonyl (C=O) groups is 2. The Morgan fingerprint density at radius 1 is 1.00 bits per heavy atom. The molecule has 2 rings (SSSR count). The molecule has 0 aliphatic heterocycles. The number of benzene rings is 2. The van der Waals surface area contributed by atoms with Gasteiger partial charge in [0.2, 0.25) is 0 Å². The van der Waals surface area contributed by atoms with Gasteiger partial charge in [-0.05, 0) is 86.6 Å². The Labute approximate surface area is 183 Å². The Kier molecular flexibility index (Phi) is 8.55. The number of ketones is 1. The molecular formula is C26H31FO4. The molecule has 1 unspecified atom stereocenters. The van der Waals surface area contributed by atoms with Crippen LogP contribution in [0.1, 0.15) is 78.3 Å². The van der Waals surface area contributed by atoms with Crippen molar-refractivity contribution in [3.8, 4) is 5.75 Å². The first-order chi connectivity index (χ1) is 14.6. The van der Waals surface area contributed by atoms with Crippen molar-refractivity contribution in [2.75, 3.05) is 0 Å². The number of rotatable bonds is 10. The third-order valence-electron chi connectivity index (χ3n) is 5.87. The van der Waals surface area contributed by atoms with Crippen LogP contribution in [0.4, 0.5) is 4.39 Å². The summed E-state index contributed by atoms with van der Waals surface area (Å²) in [5.41, 5.74) is 5.12. The highest BCUT2D eigenvalue weighted by molar-refractivity contribution is 5.92. The molecule has 2 aromatic carbocycles. The zero-order valence-corrected chi connectivity index (χ0v) is 18.7. The minimum atomic E-state index is -0.806. The van der Waals surface area contributed by atoms with E-state index in [0.717, 1.165) is 46.2 Å². The van der Waals surface area contributed by atoms with E-state index in [9.17, 15) is 19.1 Å². The Morgan fingerprint density at radius 2 is 1.65 bits per heavy atom. The van der Waals surface area contributed by atoms with Crippen LogP contribution >= 0.6 is 0 Å². The van der Waals surface area contributed by atoms with Gasteiger partial charge in [-0.3, -0.25) is 9.59 Å². The quantitative estimate of drug-likeness (QED) is 0.349. The molecule has 2 N–H and O–H groups in total. The number of halogens is 1. The van der Waals surface area contributed by atoms with Crippen molar-refractivity contribution < 1.29 is 24.2 Å². The highest BCUT2D eigenvalue weighted by Crippen LogP contribution is 2.42. The summed E-state index contributed by atoms with van der Waals surface area (Å²) >= 11 is 0. The van der Waals surface area contributed by atoms with Crippen molar-refractivity contribution in [3.05, 3.63) is 69.5 Å². The van der Waals surface area contributed by atoms with Gasteiger partial charge in [-0.2, -0.15) is 0 Å². The molecule has 0 fully saturated rings. The second kappa shape index (κ2) is 10.9. The maximum absolute atomic E-state index is 13.6. The van der Waals surface area contributed by atoms with E-state index in [0.29, 0.717) is 12.8 Å². The Balaban J connectivity index is 2.52. The van der Waals surface area contributed by atoms with Crippen LogP contribution in [-0.2, 0) is 9.59 Å². The lowest BCUT2D eigenvalue weighted by Gasteiger charge is -2.25. The van der Waals surface area contributed by atoms with Gasteiger partial charge in [-0.15, -0.1) is 0 Å². The number of hydrogen-bond donors (Lipinski definition) is 2. The minimum Gasteiger partial charge on any atom is -0.507 e. The lowest BCUT2D eigenvalue weighted by Crippen LogP contribution is -2.08. The van der Waals surface area contributed by atoms with Gasteiger partial charge in [0.1, 0.15) is 11.6 Å². The van der Waals surface area contributed by atoms with Crippen LogP contribution in [0.15, 0.2) is 30.3 Å². The fraction of sp³-hybridized carbons (Fsp3) is 0.385. The van der Waals surface area contributed by atoms with Gasteiger partial charge in [0.05, 0.1) is 0 Å². The molecule has 0 amide bonds. The summed E-state index contributed by atoms with van der Waals surface area (Å²) in [6, 6.07) is 6.29. The standard InChI is InChI=1S/C26H31FO4/c1-16(28)10-15-22-17(2)18(3)26(31)25(19(22)4)23(8-6-5-7-9-24(29)30)20-11-13-21(27)14-12-20/h10-15,23,31H,5-9H2,1-4H3,(H,29,30)/b15-10+. The van der Waals surface area contributed by atoms with Crippen LogP contribution in [0.2, 0.25) is 0 Å². The van der Waals surface area contributed by atoms with Crippen molar-refractivity contribution in [1.29, 1.82) is 0 Å². The average molecular weight is 427 g/mol. The molecule has 0 bridgehead atoms. The van der Waals surface area contributed by atoms with Crippen LogP contribution < -0.4 is 0 Å². The second-order valence-electron chi connectivity index (χ2n) is 8.09. The number of phenols is 1. The first kappa shape index (κ1) is 24.3. The van der Waals surface area contributed by atoms with Crippen molar-refractivity contribution >= 4 is 17.8 Å². The number of unbranched alkanes of at least 4 members (excludes halogenated alkanes) is 2. The molecule has 31 heavy (non-hydrogen) atoms. The van der Waals surface area contributed by atoms with Crippen LogP contribution in [0.5, 0.6) is 5.75 Å². The van der Waals surface area contributed by atoms with E-state index in [2.05, 4.69) is 0 Å². The highest BCUT2D eigenvalue weighted by Gasteiger charge is 2.24. The Bertz CT molecular complexity index is 974. The zero-order valence-electron chi connectivity index (χ0n) is 18.7. The number of aliphatic carboxylic acids is 1. The van der Waals surface area contributed by atoms with Gasteiger partial charge in [0.15, 0.2) is 5.78 Å². The summed E-state index contributed by atoms with van der Waals surface area (Å²) < 4.78 is 13.6. The second-order valence-corrected chi connectivity index (χ2v) is 8.09. The largest absolute Gasteiger partial charge is 0.507 e. The fourth-order valence-electron chi connectivity index (χ4n) is 4.04. The van der Waals surface area contributed by atoms with Crippen molar-refractivity contribution in [2.45, 2.75) is 65.7 Å². The molecule has 0 heterocycles. The third kappa shape index (κ3) is 6.27. The topological polar surface area (TPSA) is 74.6 Å². The van der Waals surface area contributed by atoms with Crippen LogP contribution in [0.25, 0.3) is 6.08 Å². The monoisotopic (exact) mass is 426 g/mol. The van der Waals surface area contributed by atoms with E-state index in [1.807, 2.05) is 20.8 Å². The molecular weight excluding hydrogens is 395 g/mol. The summed E-state index contributed by atoms with van der Waals surface area (Å²) in [7, 11) is 0. The lowest BCUT2D eigenvalue weighted by molar-refractivity contribution is -0.137. The molecule has 0 spiro atoms. The van der Waals surface area contributed by atoms with E-state index in [1.165, 1.54) is 25.1 Å². The number of aromatic hydroxyl groups is 1. The highest BCUT2D eigenvalue weighted by atomic mass is 19.1. The fourth-order valence-corrected chi connectivity index (χ4v) is 4.04. The first-order valence-electron chi connectivity index (χ1n) is 10.6. The number of hydrogen-bond acceptors (Lipinski definition) is 3. The third-order valence-corrected chi connectivity index (χ3v) is 5.87. The van der Waals surface area contributed by atoms with Crippen LogP contribution in [0.3, 0.4) is 0 Å². The smallest absolute Gasteiger partial charge is 0.303 e. The molecule has 0 saturated heterocycles. The number of allylic oxidation sites excluding steroid dienone is 1. The van der Waals surface area contributed by atoms with E-state index in [-0.39, 0.29) is 29.7 Å². The summed E-state index contributed by atoms with van der Waals surface area (Å²) in [5.74, 6) is -1.14. The van der Waals surface area contributed by atoms with E-state index >= 15 is 0 Å². The SMILES string of the molecule is CC(=O)/C=C/c1c(C)c(C)c(O)c(C(CCCCCC(=O)O)c2ccc(F)cc2)c1C. The maximum atomic E-state index is 13.6. The predicted octanol–water partition coefficient (Wildman–Crippen LogP) is 6.23. The summed E-state index contributed by atoms with van der Waals surface area (Å²) in [6.07, 6.45) is 6.26. The molecule has 5 heteroatoms. The summed E-state index contributed by atoms with van der Waals surface area (Å²) in [4.78, 5) is 22.3. The molecule has 0 radical (unpaired) electrons.